The molecular weight excluding hydrogens is 584 g/mol. The number of nitrogens with two attached hydrogens (primary N) is 1. The molecule has 19 heteroatoms. The highest BCUT2D eigenvalue weighted by atomic mass is 32.2. The van der Waals surface area contributed by atoms with Crippen molar-refractivity contribution >= 4 is 70.8 Å². The number of amides is 7. The Morgan fingerprint density at radius 3 is 1.37 bits per heavy atom. The van der Waals surface area contributed by atoms with Crippen LogP contribution in [0.15, 0.2) is 0 Å². The molecule has 0 radical (unpaired) electrons. The van der Waals surface area contributed by atoms with Crippen molar-refractivity contribution in [2.45, 2.75) is 24.9 Å². The third-order valence-electron chi connectivity index (χ3n) is 4.89. The fourth-order valence-electron chi connectivity index (χ4n) is 2.81. The van der Waals surface area contributed by atoms with Crippen molar-refractivity contribution in [3.8, 4) is 0 Å². The third-order valence-corrected chi connectivity index (χ3v) is 6.17. The summed E-state index contributed by atoms with van der Waals surface area (Å²) < 4.78 is 0. The molecule has 7 amide bonds. The first-order chi connectivity index (χ1) is 19.4. The average molecular weight is 623 g/mol. The summed E-state index contributed by atoms with van der Waals surface area (Å²) in [5, 5.41) is 24.8. The second-order valence-corrected chi connectivity index (χ2v) is 10.1. The predicted octanol–water partition coefficient (Wildman–Crippen LogP) is -4.91. The van der Waals surface area contributed by atoms with E-state index in [9.17, 15) is 38.4 Å². The minimum absolute atomic E-state index is 0.215. The highest BCUT2D eigenvalue weighted by Gasteiger charge is 2.24. The maximum Gasteiger partial charge on any atom is 0.322 e. The van der Waals surface area contributed by atoms with Crippen molar-refractivity contribution in [1.29, 1.82) is 0 Å². The van der Waals surface area contributed by atoms with Gasteiger partial charge in [-0.15, -0.1) is 0 Å². The smallest absolute Gasteiger partial charge is 0.322 e. The van der Waals surface area contributed by atoms with E-state index in [1.165, 1.54) is 23.5 Å². The molecule has 0 aromatic carbocycles. The number of thioether (sulfide) groups is 2. The largest absolute Gasteiger partial charge is 0.480 e. The number of hydrogen-bond donors (Lipinski definition) is 9. The number of carboxylic acids is 1. The van der Waals surface area contributed by atoms with Gasteiger partial charge in [-0.2, -0.15) is 23.5 Å². The Balaban J connectivity index is 4.85. The van der Waals surface area contributed by atoms with E-state index in [2.05, 4.69) is 37.2 Å². The lowest BCUT2D eigenvalue weighted by Gasteiger charge is -2.20. The molecule has 2 unspecified atom stereocenters. The standard InChI is InChI=1S/C22H38N8O9S2/c1-40-5-3-13(21(38)27-9-17(33)25-8-16(32)26-12-20(36)37)30-19(35)11-28-22(39)14(4-6-41-2)29-18(34)10-24-15(31)7-23/h13-14H,3-12,23H2,1-2H3,(H,24,31)(H,25,33)(H,26,32)(H,27,38)(H,28,39)(H,29,34)(H,30,35)(H,36,37). The van der Waals surface area contributed by atoms with Gasteiger partial charge in [-0.05, 0) is 36.9 Å². The van der Waals surface area contributed by atoms with Crippen molar-refractivity contribution in [3.63, 3.8) is 0 Å². The van der Waals surface area contributed by atoms with Gasteiger partial charge in [0.1, 0.15) is 18.6 Å². The summed E-state index contributed by atoms with van der Waals surface area (Å²) in [5.41, 5.74) is 5.17. The maximum absolute atomic E-state index is 12.6. The summed E-state index contributed by atoms with van der Waals surface area (Å²) >= 11 is 2.86. The molecule has 10 N–H and O–H groups in total. The molecule has 0 aliphatic heterocycles. The molecule has 0 saturated heterocycles. The van der Waals surface area contributed by atoms with Crippen LogP contribution in [-0.2, 0) is 38.4 Å². The second-order valence-electron chi connectivity index (χ2n) is 8.17. The number of hydrogen-bond acceptors (Lipinski definition) is 11. The van der Waals surface area contributed by atoms with Crippen LogP contribution in [0.25, 0.3) is 0 Å². The molecule has 0 aromatic rings. The lowest BCUT2D eigenvalue weighted by Crippen LogP contribution is -2.54. The summed E-state index contributed by atoms with van der Waals surface area (Å²) in [5.74, 6) is -4.83. The fraction of sp³-hybridized carbons (Fsp3) is 0.636. The summed E-state index contributed by atoms with van der Waals surface area (Å²) in [7, 11) is 0. The number of aliphatic carboxylic acids is 1. The highest BCUT2D eigenvalue weighted by molar-refractivity contribution is 7.98. The van der Waals surface area contributed by atoms with Crippen LogP contribution in [0.3, 0.4) is 0 Å². The van der Waals surface area contributed by atoms with E-state index in [4.69, 9.17) is 10.8 Å². The lowest BCUT2D eigenvalue weighted by atomic mass is 10.2. The zero-order valence-electron chi connectivity index (χ0n) is 22.8. The first-order valence-corrected chi connectivity index (χ1v) is 15.1. The van der Waals surface area contributed by atoms with E-state index in [0.717, 1.165) is 0 Å². The Bertz CT molecular complexity index is 939. The van der Waals surface area contributed by atoms with E-state index in [0.29, 0.717) is 11.5 Å². The van der Waals surface area contributed by atoms with E-state index in [1.807, 2.05) is 6.26 Å². The van der Waals surface area contributed by atoms with Crippen LogP contribution in [0.1, 0.15) is 12.8 Å². The molecule has 0 rings (SSSR count). The highest BCUT2D eigenvalue weighted by Crippen LogP contribution is 2.02. The molecule has 0 bridgehead atoms. The third kappa shape index (κ3) is 19.2. The molecule has 0 aliphatic carbocycles. The molecule has 0 aromatic heterocycles. The van der Waals surface area contributed by atoms with Gasteiger partial charge >= 0.3 is 5.97 Å². The van der Waals surface area contributed by atoms with E-state index in [1.54, 1.807) is 6.26 Å². The zero-order chi connectivity index (χ0) is 31.2. The van der Waals surface area contributed by atoms with Gasteiger partial charge in [0.25, 0.3) is 0 Å². The SMILES string of the molecule is CSCCC(NC(=O)CNC(=O)CN)C(=O)NCC(=O)NC(CCSC)C(=O)NCC(=O)NCC(=O)NCC(=O)O. The predicted molar refractivity (Wildman–Crippen MR) is 152 cm³/mol. The number of carbonyl (C=O) groups excluding carboxylic acids is 7. The van der Waals surface area contributed by atoms with Crippen LogP contribution in [0.2, 0.25) is 0 Å². The minimum Gasteiger partial charge on any atom is -0.480 e. The maximum atomic E-state index is 12.6. The van der Waals surface area contributed by atoms with Crippen LogP contribution >= 0.6 is 23.5 Å². The molecule has 0 fully saturated rings. The molecule has 2 atom stereocenters. The second kappa shape index (κ2) is 22.1. The van der Waals surface area contributed by atoms with E-state index >= 15 is 0 Å². The van der Waals surface area contributed by atoms with Gasteiger partial charge in [0.05, 0.1) is 32.7 Å². The molecule has 41 heavy (non-hydrogen) atoms. The van der Waals surface area contributed by atoms with Crippen molar-refractivity contribution in [2.24, 2.45) is 5.73 Å². The number of carboxylic acid groups (broad SMARTS) is 1. The summed E-state index contributed by atoms with van der Waals surface area (Å²) in [6, 6.07) is -2.01. The van der Waals surface area contributed by atoms with Gasteiger partial charge < -0.3 is 48.1 Å². The van der Waals surface area contributed by atoms with Crippen LogP contribution in [0, 0.1) is 0 Å². The minimum atomic E-state index is -1.25. The van der Waals surface area contributed by atoms with Crippen molar-refractivity contribution in [1.82, 2.24) is 37.2 Å². The van der Waals surface area contributed by atoms with Gasteiger partial charge in [-0.25, -0.2) is 0 Å². The van der Waals surface area contributed by atoms with Crippen molar-refractivity contribution in [2.75, 3.05) is 63.3 Å². The Labute approximate surface area is 245 Å². The van der Waals surface area contributed by atoms with Gasteiger partial charge in [-0.3, -0.25) is 38.4 Å². The Hall–Kier alpha value is -3.58. The number of rotatable bonds is 21. The Morgan fingerprint density at radius 1 is 0.585 bits per heavy atom. The first kappa shape index (κ1) is 37.4. The number of carbonyl (C=O) groups is 8. The normalized spacial score (nSPS) is 11.7. The number of nitrogens with one attached hydrogen (secondary N) is 7. The molecule has 0 saturated carbocycles. The van der Waals surface area contributed by atoms with E-state index < -0.39 is 85.6 Å². The monoisotopic (exact) mass is 622 g/mol. The molecule has 0 aliphatic rings. The summed E-state index contributed by atoms with van der Waals surface area (Å²) in [4.78, 5) is 94.8. The lowest BCUT2D eigenvalue weighted by molar-refractivity contribution is -0.138. The van der Waals surface area contributed by atoms with Crippen LogP contribution in [-0.4, -0.2) is 128 Å². The van der Waals surface area contributed by atoms with Crippen molar-refractivity contribution < 1.29 is 43.5 Å². The first-order valence-electron chi connectivity index (χ1n) is 12.3. The van der Waals surface area contributed by atoms with Crippen LogP contribution in [0.5, 0.6) is 0 Å². The van der Waals surface area contributed by atoms with Gasteiger partial charge in [0.2, 0.25) is 41.4 Å². The molecule has 0 spiro atoms. The molecule has 232 valence electrons. The van der Waals surface area contributed by atoms with Crippen LogP contribution in [0.4, 0.5) is 0 Å². The Kier molecular flexibility index (Phi) is 20.2. The van der Waals surface area contributed by atoms with Gasteiger partial charge in [0.15, 0.2) is 0 Å². The van der Waals surface area contributed by atoms with E-state index in [-0.39, 0.29) is 25.9 Å². The summed E-state index contributed by atoms with van der Waals surface area (Å²) in [6.07, 6.45) is 4.08. The molecular formula is C22H38N8O9S2. The summed E-state index contributed by atoms with van der Waals surface area (Å²) in [6.45, 7) is -2.77. The molecule has 0 heterocycles. The zero-order valence-corrected chi connectivity index (χ0v) is 24.5. The molecule has 17 nitrogen and oxygen atoms in total. The van der Waals surface area contributed by atoms with Crippen molar-refractivity contribution in [3.05, 3.63) is 0 Å². The average Bonchev–Trinajstić information content (AvgIpc) is 2.95. The van der Waals surface area contributed by atoms with Gasteiger partial charge in [0, 0.05) is 0 Å². The fourth-order valence-corrected chi connectivity index (χ4v) is 3.75. The Morgan fingerprint density at radius 2 is 0.951 bits per heavy atom. The quantitative estimate of drug-likeness (QED) is 0.0583. The van der Waals surface area contributed by atoms with Gasteiger partial charge in [-0.1, -0.05) is 0 Å². The van der Waals surface area contributed by atoms with Crippen LogP contribution < -0.4 is 43.0 Å². The topological polar surface area (TPSA) is 267 Å².